The largest absolute Gasteiger partial charge is 0.491 e. The van der Waals surface area contributed by atoms with Gasteiger partial charge in [-0.15, -0.1) is 0 Å². The minimum atomic E-state index is -3.37. The number of amides is 1. The Morgan fingerprint density at radius 3 is 2.62 bits per heavy atom. The fourth-order valence-corrected chi connectivity index (χ4v) is 6.49. The topological polar surface area (TPSA) is 124 Å². The fraction of sp³-hybridized carbons (Fsp3) is 0.423. The average Bonchev–Trinajstić information content (AvgIpc) is 3.31. The predicted molar refractivity (Wildman–Crippen MR) is 147 cm³/mol. The summed E-state index contributed by atoms with van der Waals surface area (Å²) in [4.78, 5) is 32.5. The van der Waals surface area contributed by atoms with Gasteiger partial charge in [-0.05, 0) is 49.9 Å². The van der Waals surface area contributed by atoms with Gasteiger partial charge in [-0.1, -0.05) is 11.6 Å². The number of hydrogen-bond acceptors (Lipinski definition) is 9. The summed E-state index contributed by atoms with van der Waals surface area (Å²) in [6, 6.07) is 7.68. The number of fused-ring (bicyclic) bond motifs is 2. The van der Waals surface area contributed by atoms with Crippen molar-refractivity contribution >= 4 is 53.5 Å². The maximum absolute atomic E-state index is 13.7. The van der Waals surface area contributed by atoms with Gasteiger partial charge in [0.1, 0.15) is 23.7 Å². The van der Waals surface area contributed by atoms with Crippen molar-refractivity contribution in [3.8, 4) is 5.75 Å². The molecule has 0 spiro atoms. The van der Waals surface area contributed by atoms with E-state index < -0.39 is 19.7 Å². The number of benzene rings is 2. The summed E-state index contributed by atoms with van der Waals surface area (Å²) < 4.78 is 36.1. The van der Waals surface area contributed by atoms with Gasteiger partial charge < -0.3 is 20.1 Å². The lowest BCUT2D eigenvalue weighted by Gasteiger charge is -2.18. The second-order valence-electron chi connectivity index (χ2n) is 9.36. The Labute approximate surface area is 230 Å². The summed E-state index contributed by atoms with van der Waals surface area (Å²) in [5.74, 6) is 1.23. The monoisotopic (exact) mass is 579 g/mol. The second-order valence-corrected chi connectivity index (χ2v) is 11.9. The van der Waals surface area contributed by atoms with E-state index in [1.165, 1.54) is 24.5 Å². The average molecular weight is 580 g/mol. The molecule has 208 valence electrons. The number of nitrogens with one attached hydrogen (secondary N) is 2. The van der Waals surface area contributed by atoms with Crippen molar-refractivity contribution in [2.75, 3.05) is 49.8 Å². The Morgan fingerprint density at radius 2 is 1.92 bits per heavy atom. The second kappa shape index (κ2) is 11.8. The van der Waals surface area contributed by atoms with E-state index in [1.807, 2.05) is 0 Å². The number of aromatic nitrogens is 2. The van der Waals surface area contributed by atoms with Crippen molar-refractivity contribution < 1.29 is 32.6 Å². The van der Waals surface area contributed by atoms with E-state index in [0.29, 0.717) is 58.2 Å². The first kappa shape index (κ1) is 27.9. The lowest BCUT2D eigenvalue weighted by atomic mass is 10.1. The summed E-state index contributed by atoms with van der Waals surface area (Å²) >= 11 is 5.94. The summed E-state index contributed by atoms with van der Waals surface area (Å²) in [6.07, 6.45) is 1.05. The van der Waals surface area contributed by atoms with Gasteiger partial charge in [0.15, 0.2) is 0 Å². The van der Waals surface area contributed by atoms with Gasteiger partial charge in [0.2, 0.25) is 6.16 Å². The van der Waals surface area contributed by atoms with E-state index in [-0.39, 0.29) is 24.4 Å². The maximum Gasteiger partial charge on any atom is 0.418 e. The number of anilines is 3. The molecule has 0 radical (unpaired) electrons. The highest BCUT2D eigenvalue weighted by atomic mass is 35.5. The van der Waals surface area contributed by atoms with Crippen LogP contribution < -0.4 is 15.4 Å². The molecule has 2 aromatic carbocycles. The molecule has 1 saturated heterocycles. The molecule has 2 atom stereocenters. The van der Waals surface area contributed by atoms with Crippen LogP contribution in [0.15, 0.2) is 36.7 Å². The Balaban J connectivity index is 1.43. The molecule has 1 aliphatic carbocycles. The lowest BCUT2D eigenvalue weighted by molar-refractivity contribution is -0.114. The number of rotatable bonds is 12. The van der Waals surface area contributed by atoms with Crippen molar-refractivity contribution in [3.63, 3.8) is 0 Å². The Kier molecular flexibility index (Phi) is 8.46. The minimum Gasteiger partial charge on any atom is -0.491 e. The molecule has 2 heterocycles. The van der Waals surface area contributed by atoms with Crippen LogP contribution >= 0.6 is 19.5 Å². The third kappa shape index (κ3) is 6.40. The van der Waals surface area contributed by atoms with Crippen LogP contribution in [-0.4, -0.2) is 60.0 Å². The molecule has 39 heavy (non-hydrogen) atoms. The van der Waals surface area contributed by atoms with Gasteiger partial charge in [0.05, 0.1) is 49.3 Å². The molecule has 2 fully saturated rings. The van der Waals surface area contributed by atoms with Crippen molar-refractivity contribution in [1.29, 1.82) is 0 Å². The van der Waals surface area contributed by atoms with Crippen molar-refractivity contribution in [1.82, 2.24) is 9.97 Å². The van der Waals surface area contributed by atoms with E-state index in [2.05, 4.69) is 20.6 Å². The first-order valence-corrected chi connectivity index (χ1v) is 14.9. The Morgan fingerprint density at radius 1 is 1.18 bits per heavy atom. The third-order valence-electron chi connectivity index (χ3n) is 6.76. The number of hydrogen-bond donors (Lipinski definition) is 3. The van der Waals surface area contributed by atoms with Crippen LogP contribution in [0.5, 0.6) is 5.75 Å². The molecule has 3 N–H and O–H groups in total. The number of carbonyl (C=O) groups is 1. The summed E-state index contributed by atoms with van der Waals surface area (Å²) in [5.41, 5.74) is 1.47. The molecule has 3 aromatic rings. The predicted octanol–water partition coefficient (Wildman–Crippen LogP) is 5.20. The molecule has 13 heteroatoms. The maximum atomic E-state index is 13.7. The molecule has 1 amide bonds. The fourth-order valence-electron chi connectivity index (χ4n) is 4.81. The quantitative estimate of drug-likeness (QED) is 0.248. The van der Waals surface area contributed by atoms with Crippen LogP contribution in [0.2, 0.25) is 5.02 Å². The van der Waals surface area contributed by atoms with Crippen LogP contribution in [-0.2, 0) is 18.6 Å². The van der Waals surface area contributed by atoms with E-state index in [4.69, 9.17) is 30.1 Å². The minimum absolute atomic E-state index is 0.0309. The first-order valence-electron chi connectivity index (χ1n) is 12.7. The van der Waals surface area contributed by atoms with Gasteiger partial charge >= 0.3 is 7.94 Å². The van der Waals surface area contributed by atoms with E-state index in [0.717, 1.165) is 13.2 Å². The molecule has 10 nitrogen and oxygen atoms in total. The molecule has 1 aromatic heterocycles. The van der Waals surface area contributed by atoms with Crippen LogP contribution in [0.25, 0.3) is 10.9 Å². The molecular formula is C26H30ClFN4O6P+. The molecule has 1 aliphatic heterocycles. The zero-order valence-electron chi connectivity index (χ0n) is 21.5. The number of halogens is 2. The molecule has 2 aliphatic rings. The van der Waals surface area contributed by atoms with Crippen LogP contribution in [0.1, 0.15) is 13.8 Å². The Bertz CT molecular complexity index is 1350. The summed E-state index contributed by atoms with van der Waals surface area (Å²) in [6.45, 7) is 5.81. The van der Waals surface area contributed by atoms with Crippen LogP contribution in [0.3, 0.4) is 0 Å². The normalized spacial score (nSPS) is 20.1. The van der Waals surface area contributed by atoms with Gasteiger partial charge in [0, 0.05) is 23.1 Å². The number of nitrogens with zero attached hydrogens (tertiary/aromatic N) is 2. The smallest absolute Gasteiger partial charge is 0.418 e. The van der Waals surface area contributed by atoms with E-state index in [9.17, 15) is 14.1 Å². The molecule has 0 bridgehead atoms. The van der Waals surface area contributed by atoms with E-state index in [1.54, 1.807) is 26.0 Å². The molecule has 2 unspecified atom stereocenters. The van der Waals surface area contributed by atoms with Gasteiger partial charge in [-0.2, -0.15) is 13.9 Å². The molecular weight excluding hydrogens is 550 g/mol. The van der Waals surface area contributed by atoms with Gasteiger partial charge in [-0.25, -0.2) is 14.4 Å². The van der Waals surface area contributed by atoms with Crippen molar-refractivity contribution in [3.05, 3.63) is 47.5 Å². The first-order chi connectivity index (χ1) is 18.8. The molecule has 5 rings (SSSR count). The highest BCUT2D eigenvalue weighted by Crippen LogP contribution is 2.56. The molecule has 1 saturated carbocycles. The summed E-state index contributed by atoms with van der Waals surface area (Å²) in [5, 5.41) is 6.52. The van der Waals surface area contributed by atoms with Crippen molar-refractivity contribution in [2.24, 2.45) is 17.8 Å². The van der Waals surface area contributed by atoms with Gasteiger partial charge in [0.25, 0.3) is 5.91 Å². The zero-order valence-corrected chi connectivity index (χ0v) is 23.2. The van der Waals surface area contributed by atoms with E-state index >= 15 is 0 Å². The van der Waals surface area contributed by atoms with Crippen molar-refractivity contribution in [2.45, 2.75) is 13.8 Å². The van der Waals surface area contributed by atoms with Gasteiger partial charge in [-0.3, -0.25) is 4.79 Å². The Hall–Kier alpha value is -2.66. The highest BCUT2D eigenvalue weighted by molar-refractivity contribution is 7.61. The number of ether oxygens (including phenoxy) is 2. The van der Waals surface area contributed by atoms with Crippen LogP contribution in [0, 0.1) is 23.6 Å². The third-order valence-corrected chi connectivity index (χ3v) is 9.06. The lowest BCUT2D eigenvalue weighted by Crippen LogP contribution is -2.21. The zero-order chi connectivity index (χ0) is 27.6. The highest BCUT2D eigenvalue weighted by Gasteiger charge is 2.54. The SMILES string of the molecule is CCO[P+](O)(CC(=O)Nc1cc2c(Nc3ccc(F)c(Cl)c3)ncnc2cc1OCC1C2COCC21)OCC. The number of carbonyl (C=O) groups excluding carboxylic acids is 1. The van der Waals surface area contributed by atoms with Crippen LogP contribution in [0.4, 0.5) is 21.6 Å². The standard InChI is InChI=1S/C26H29ClFN4O6P/c1-3-37-39(34,38-4-2)13-25(33)32-23-8-16-22(9-24(23)36-12-19-17-10-35-11-18(17)19)29-14-30-26(16)31-15-5-6-21(28)20(27)7-15/h5-9,14,17-19,34H,3-4,10-13H2,1-2H3,(H-,29,30,31,32,33)/p+1. The summed E-state index contributed by atoms with van der Waals surface area (Å²) in [7, 11) is -3.37.